The largest absolute Gasteiger partial charge is 0.465 e. The Labute approximate surface area is 193 Å². The number of nitrogens with two attached hydrogens (primary N) is 2. The van der Waals surface area contributed by atoms with Gasteiger partial charge in [0, 0.05) is 6.54 Å². The summed E-state index contributed by atoms with van der Waals surface area (Å²) in [7, 11) is 0. The molecule has 4 atom stereocenters. The van der Waals surface area contributed by atoms with Gasteiger partial charge in [-0.3, -0.25) is 24.6 Å². The lowest BCUT2D eigenvalue weighted by molar-refractivity contribution is -0.142. The summed E-state index contributed by atoms with van der Waals surface area (Å²) >= 11 is 0. The molecule has 4 unspecified atom stereocenters. The predicted octanol–water partition coefficient (Wildman–Crippen LogP) is -0.998. The van der Waals surface area contributed by atoms with Gasteiger partial charge in [-0.15, -0.1) is 0 Å². The van der Waals surface area contributed by atoms with Gasteiger partial charge in [-0.05, 0) is 31.1 Å². The zero-order valence-corrected chi connectivity index (χ0v) is 19.6. The molecule has 0 aromatic carbocycles. The molecule has 0 aliphatic rings. The van der Waals surface area contributed by atoms with Gasteiger partial charge < -0.3 is 37.8 Å². The number of rotatable bonds is 15. The van der Waals surface area contributed by atoms with Crippen LogP contribution in [0, 0.1) is 17.2 Å². The van der Waals surface area contributed by atoms with Crippen LogP contribution in [-0.2, 0) is 19.2 Å². The van der Waals surface area contributed by atoms with Crippen molar-refractivity contribution < 1.29 is 29.1 Å². The molecule has 4 amide bonds. The SMILES string of the molecule is CCC(C)C(NC(=O)C(CC(C)C)NC(=O)O)C(=O)C(=O)NC(CCCNC(=N)N)C(N)=O. The van der Waals surface area contributed by atoms with Crippen molar-refractivity contribution in [2.24, 2.45) is 23.3 Å². The Morgan fingerprint density at radius 2 is 1.58 bits per heavy atom. The van der Waals surface area contributed by atoms with E-state index in [2.05, 4.69) is 21.3 Å². The van der Waals surface area contributed by atoms with E-state index in [9.17, 15) is 24.0 Å². The average molecular weight is 472 g/mol. The van der Waals surface area contributed by atoms with Crippen molar-refractivity contribution >= 4 is 35.6 Å². The molecule has 0 radical (unpaired) electrons. The maximum atomic E-state index is 12.9. The molecule has 10 N–H and O–H groups in total. The first-order valence-electron chi connectivity index (χ1n) is 10.8. The van der Waals surface area contributed by atoms with Gasteiger partial charge in [0.1, 0.15) is 12.1 Å². The quantitative estimate of drug-likeness (QED) is 0.0637. The van der Waals surface area contributed by atoms with E-state index in [0.717, 1.165) is 0 Å². The van der Waals surface area contributed by atoms with E-state index < -0.39 is 53.6 Å². The third-order valence-electron chi connectivity index (χ3n) is 4.97. The number of hydrogen-bond acceptors (Lipinski definition) is 6. The van der Waals surface area contributed by atoms with Crippen molar-refractivity contribution in [2.45, 2.75) is 71.5 Å². The minimum absolute atomic E-state index is 0.0116. The highest BCUT2D eigenvalue weighted by molar-refractivity contribution is 6.38. The summed E-state index contributed by atoms with van der Waals surface area (Å²) in [4.78, 5) is 60.9. The average Bonchev–Trinajstić information content (AvgIpc) is 2.71. The van der Waals surface area contributed by atoms with Gasteiger partial charge in [-0.25, -0.2) is 4.79 Å². The number of carbonyl (C=O) groups is 5. The minimum Gasteiger partial charge on any atom is -0.465 e. The van der Waals surface area contributed by atoms with Gasteiger partial charge in [0.05, 0.1) is 6.04 Å². The maximum Gasteiger partial charge on any atom is 0.405 e. The van der Waals surface area contributed by atoms with Crippen LogP contribution in [0.2, 0.25) is 0 Å². The Hall–Kier alpha value is -3.38. The molecular weight excluding hydrogens is 434 g/mol. The fraction of sp³-hybridized carbons (Fsp3) is 0.700. The zero-order chi connectivity index (χ0) is 25.7. The summed E-state index contributed by atoms with van der Waals surface area (Å²) in [5.74, 6) is -4.32. The molecule has 0 rings (SSSR count). The van der Waals surface area contributed by atoms with Gasteiger partial charge in [0.2, 0.25) is 17.6 Å². The molecule has 0 aromatic rings. The Bertz CT molecular complexity index is 728. The summed E-state index contributed by atoms with van der Waals surface area (Å²) in [5, 5.41) is 25.6. The summed E-state index contributed by atoms with van der Waals surface area (Å²) < 4.78 is 0. The van der Waals surface area contributed by atoms with E-state index in [4.69, 9.17) is 22.0 Å². The highest BCUT2D eigenvalue weighted by Gasteiger charge is 2.34. The maximum absolute atomic E-state index is 12.9. The number of guanidine groups is 1. The van der Waals surface area contributed by atoms with E-state index in [1.807, 2.05) is 13.8 Å². The van der Waals surface area contributed by atoms with E-state index in [0.29, 0.717) is 12.8 Å². The third-order valence-corrected chi connectivity index (χ3v) is 4.97. The van der Waals surface area contributed by atoms with Gasteiger partial charge in [0.25, 0.3) is 5.91 Å². The highest BCUT2D eigenvalue weighted by Crippen LogP contribution is 2.12. The Morgan fingerprint density at radius 3 is 2.03 bits per heavy atom. The van der Waals surface area contributed by atoms with E-state index in [1.165, 1.54) is 0 Å². The number of amides is 4. The molecule has 33 heavy (non-hydrogen) atoms. The summed E-state index contributed by atoms with van der Waals surface area (Å²) in [6.07, 6.45) is -0.298. The van der Waals surface area contributed by atoms with Crippen LogP contribution < -0.4 is 32.7 Å². The third kappa shape index (κ3) is 11.7. The van der Waals surface area contributed by atoms with Gasteiger partial charge in [0.15, 0.2) is 5.96 Å². The van der Waals surface area contributed by atoms with Gasteiger partial charge in [-0.1, -0.05) is 34.1 Å². The predicted molar refractivity (Wildman–Crippen MR) is 121 cm³/mol. The van der Waals surface area contributed by atoms with Crippen LogP contribution in [0.15, 0.2) is 0 Å². The first-order chi connectivity index (χ1) is 15.3. The molecule has 0 aromatic heterocycles. The van der Waals surface area contributed by atoms with Crippen LogP contribution in [0.5, 0.6) is 0 Å². The van der Waals surface area contributed by atoms with Gasteiger partial charge >= 0.3 is 6.09 Å². The standard InChI is InChI=1S/C20H37N7O6/c1-5-11(4)14(27-17(30)13(9-10(2)3)26-20(32)33)15(28)18(31)25-12(16(21)29)7-6-8-24-19(22)23/h10-14,26H,5-9H2,1-4H3,(H2,21,29)(H,25,31)(H,27,30)(H,32,33)(H4,22,23,24). The van der Waals surface area contributed by atoms with Gasteiger partial charge in [-0.2, -0.15) is 0 Å². The fourth-order valence-corrected chi connectivity index (χ4v) is 2.99. The molecule has 0 bridgehead atoms. The highest BCUT2D eigenvalue weighted by atomic mass is 16.4. The topological polar surface area (TPSA) is 230 Å². The van der Waals surface area contributed by atoms with E-state index in [-0.39, 0.29) is 31.3 Å². The lowest BCUT2D eigenvalue weighted by Gasteiger charge is -2.26. The number of hydrogen-bond donors (Lipinski definition) is 8. The molecule has 13 heteroatoms. The normalized spacial score (nSPS) is 14.3. The lowest BCUT2D eigenvalue weighted by atomic mass is 9.93. The van der Waals surface area contributed by atoms with E-state index in [1.54, 1.807) is 13.8 Å². The molecule has 13 nitrogen and oxygen atoms in total. The van der Waals surface area contributed by atoms with Crippen molar-refractivity contribution in [2.75, 3.05) is 6.54 Å². The Morgan fingerprint density at radius 1 is 0.970 bits per heavy atom. The van der Waals surface area contributed by atoms with Crippen molar-refractivity contribution in [3.8, 4) is 0 Å². The molecule has 0 saturated heterocycles. The van der Waals surface area contributed by atoms with Crippen molar-refractivity contribution in [1.82, 2.24) is 21.3 Å². The molecule has 0 saturated carbocycles. The zero-order valence-electron chi connectivity index (χ0n) is 19.6. The Kier molecular flexibility index (Phi) is 13.1. The van der Waals surface area contributed by atoms with Crippen LogP contribution >= 0.6 is 0 Å². The van der Waals surface area contributed by atoms with Crippen molar-refractivity contribution in [1.29, 1.82) is 5.41 Å². The number of ketones is 1. The van der Waals surface area contributed by atoms with E-state index >= 15 is 0 Å². The smallest absolute Gasteiger partial charge is 0.405 e. The number of Topliss-reactive ketones (excluding diaryl/α,β-unsaturated/α-hetero) is 1. The molecule has 188 valence electrons. The first kappa shape index (κ1) is 29.6. The fourth-order valence-electron chi connectivity index (χ4n) is 2.99. The molecule has 0 aliphatic heterocycles. The molecule has 0 aliphatic carbocycles. The Balaban J connectivity index is 5.36. The number of carboxylic acid groups (broad SMARTS) is 1. The number of nitrogens with one attached hydrogen (secondary N) is 5. The molecular formula is C20H37N7O6. The number of primary amides is 1. The van der Waals surface area contributed by atoms with Crippen LogP contribution in [0.25, 0.3) is 0 Å². The second-order valence-electron chi connectivity index (χ2n) is 8.28. The van der Waals surface area contributed by atoms with Crippen LogP contribution in [0.4, 0.5) is 4.79 Å². The molecule has 0 fully saturated rings. The van der Waals surface area contributed by atoms with Crippen molar-refractivity contribution in [3.63, 3.8) is 0 Å². The minimum atomic E-state index is -1.39. The van der Waals surface area contributed by atoms with Crippen LogP contribution in [-0.4, -0.2) is 65.3 Å². The summed E-state index contributed by atoms with van der Waals surface area (Å²) in [6, 6.07) is -3.46. The van der Waals surface area contributed by atoms with Crippen LogP contribution in [0.1, 0.15) is 53.4 Å². The number of carbonyl (C=O) groups excluding carboxylic acids is 4. The molecule has 0 spiro atoms. The monoisotopic (exact) mass is 471 g/mol. The van der Waals surface area contributed by atoms with Crippen LogP contribution in [0.3, 0.4) is 0 Å². The second kappa shape index (κ2) is 14.6. The van der Waals surface area contributed by atoms with Crippen molar-refractivity contribution in [3.05, 3.63) is 0 Å². The second-order valence-corrected chi connectivity index (χ2v) is 8.28. The first-order valence-corrected chi connectivity index (χ1v) is 10.8. The molecule has 0 heterocycles. The lowest BCUT2D eigenvalue weighted by Crippen LogP contribution is -2.57. The summed E-state index contributed by atoms with van der Waals surface area (Å²) in [6.45, 7) is 7.32. The summed E-state index contributed by atoms with van der Waals surface area (Å²) in [5.41, 5.74) is 10.5.